The Balaban J connectivity index is 1.74. The number of carboxylic acids is 1. The molecule has 0 saturated heterocycles. The van der Waals surface area contributed by atoms with E-state index < -0.39 is 11.9 Å². The van der Waals surface area contributed by atoms with Crippen LogP contribution in [0.1, 0.15) is 38.3 Å². The van der Waals surface area contributed by atoms with E-state index in [9.17, 15) is 19.5 Å². The van der Waals surface area contributed by atoms with E-state index in [0.29, 0.717) is 17.9 Å². The van der Waals surface area contributed by atoms with Crippen molar-refractivity contribution in [3.63, 3.8) is 0 Å². The Morgan fingerprint density at radius 2 is 1.79 bits per heavy atom. The van der Waals surface area contributed by atoms with Crippen molar-refractivity contribution < 1.29 is 19.5 Å². The molecule has 0 saturated carbocycles. The Bertz CT molecular complexity index is 1050. The first-order valence-corrected chi connectivity index (χ1v) is 8.40. The minimum absolute atomic E-state index is 0.0606. The van der Waals surface area contributed by atoms with Crippen LogP contribution in [0.3, 0.4) is 0 Å². The highest BCUT2D eigenvalue weighted by Crippen LogP contribution is 2.18. The van der Waals surface area contributed by atoms with Gasteiger partial charge in [-0.1, -0.05) is 6.07 Å². The number of aromatic nitrogens is 4. The quantitative estimate of drug-likeness (QED) is 0.596. The number of hydrogen-bond donors (Lipinski definition) is 3. The van der Waals surface area contributed by atoms with Crippen LogP contribution >= 0.6 is 0 Å². The Morgan fingerprint density at radius 3 is 2.39 bits per heavy atom. The number of carboxylic acid groups (broad SMARTS) is 1. The molecule has 0 radical (unpaired) electrons. The van der Waals surface area contributed by atoms with Gasteiger partial charge in [-0.15, -0.1) is 0 Å². The van der Waals surface area contributed by atoms with E-state index >= 15 is 0 Å². The zero-order chi connectivity index (χ0) is 20.3. The first-order chi connectivity index (χ1) is 13.4. The predicted molar refractivity (Wildman–Crippen MR) is 100 cm³/mol. The second-order valence-corrected chi connectivity index (χ2v) is 5.88. The van der Waals surface area contributed by atoms with Crippen molar-refractivity contribution in [2.45, 2.75) is 13.5 Å². The van der Waals surface area contributed by atoms with Crippen LogP contribution < -0.4 is 10.6 Å². The summed E-state index contributed by atoms with van der Waals surface area (Å²) in [5.41, 5.74) is 0.848. The molecule has 144 valence electrons. The maximum absolute atomic E-state index is 12.4. The summed E-state index contributed by atoms with van der Waals surface area (Å²) >= 11 is 0. The minimum Gasteiger partial charge on any atom is -0.477 e. The lowest BCUT2D eigenvalue weighted by Gasteiger charge is -2.08. The summed E-state index contributed by atoms with van der Waals surface area (Å²) in [4.78, 5) is 36.0. The number of hydrogen-bond acceptors (Lipinski definition) is 5. The second kappa shape index (κ2) is 7.74. The standard InChI is InChI=1S/C18H18N6O4/c1-3-24-8-7-14(22-24)17(26)21-12-6-4-5-11(9-12)20-16(25)13-10-19-23(2)15(13)18(27)28/h4-10H,3H2,1-2H3,(H,20,25)(H,21,26)(H,27,28). The Hall–Kier alpha value is -3.95. The van der Waals surface area contributed by atoms with Crippen molar-refractivity contribution in [3.05, 3.63) is 59.7 Å². The molecule has 0 aliphatic heterocycles. The van der Waals surface area contributed by atoms with Crippen LogP contribution in [0.15, 0.2) is 42.7 Å². The molecule has 0 fully saturated rings. The number of anilines is 2. The van der Waals surface area contributed by atoms with Gasteiger partial charge in [-0.2, -0.15) is 10.2 Å². The molecule has 2 aromatic heterocycles. The number of aromatic carboxylic acids is 1. The minimum atomic E-state index is -1.25. The fraction of sp³-hybridized carbons (Fsp3) is 0.167. The van der Waals surface area contributed by atoms with Crippen LogP contribution in [-0.4, -0.2) is 42.5 Å². The van der Waals surface area contributed by atoms with Gasteiger partial charge in [0.15, 0.2) is 11.4 Å². The van der Waals surface area contributed by atoms with Crippen molar-refractivity contribution in [3.8, 4) is 0 Å². The number of carbonyl (C=O) groups is 3. The van der Waals surface area contributed by atoms with Gasteiger partial charge in [0, 0.05) is 31.2 Å². The average Bonchev–Trinajstić information content (AvgIpc) is 3.28. The van der Waals surface area contributed by atoms with Crippen molar-refractivity contribution in [2.75, 3.05) is 10.6 Å². The Kier molecular flexibility index (Phi) is 5.21. The normalized spacial score (nSPS) is 10.5. The van der Waals surface area contributed by atoms with E-state index in [0.717, 1.165) is 4.68 Å². The highest BCUT2D eigenvalue weighted by atomic mass is 16.4. The summed E-state index contributed by atoms with van der Waals surface area (Å²) < 4.78 is 2.75. The summed E-state index contributed by atoms with van der Waals surface area (Å²) in [6, 6.07) is 8.11. The van der Waals surface area contributed by atoms with E-state index in [1.807, 2.05) is 6.92 Å². The third kappa shape index (κ3) is 3.90. The van der Waals surface area contributed by atoms with Crippen LogP contribution in [0, 0.1) is 0 Å². The fourth-order valence-electron chi connectivity index (χ4n) is 2.58. The number of rotatable bonds is 6. The first-order valence-electron chi connectivity index (χ1n) is 8.40. The SMILES string of the molecule is CCn1ccc(C(=O)Nc2cccc(NC(=O)c3cnn(C)c3C(=O)O)c2)n1. The third-order valence-corrected chi connectivity index (χ3v) is 3.96. The molecule has 2 amide bonds. The predicted octanol–water partition coefficient (Wildman–Crippen LogP) is 1.84. The van der Waals surface area contributed by atoms with Gasteiger partial charge in [0.1, 0.15) is 0 Å². The Labute approximate surface area is 159 Å². The maximum atomic E-state index is 12.4. The lowest BCUT2D eigenvalue weighted by molar-refractivity contribution is 0.0680. The van der Waals surface area contributed by atoms with Crippen molar-refractivity contribution >= 4 is 29.2 Å². The second-order valence-electron chi connectivity index (χ2n) is 5.88. The summed E-state index contributed by atoms with van der Waals surface area (Å²) in [5.74, 6) is -2.25. The largest absolute Gasteiger partial charge is 0.477 e. The van der Waals surface area contributed by atoms with E-state index in [1.54, 1.807) is 41.2 Å². The molecule has 0 unspecified atom stereocenters. The number of nitrogens with zero attached hydrogens (tertiary/aromatic N) is 4. The molecule has 3 rings (SSSR count). The van der Waals surface area contributed by atoms with Crippen molar-refractivity contribution in [1.82, 2.24) is 19.6 Å². The molecule has 10 nitrogen and oxygen atoms in total. The molecule has 1 aromatic carbocycles. The van der Waals surface area contributed by atoms with E-state index in [2.05, 4.69) is 20.8 Å². The summed E-state index contributed by atoms with van der Waals surface area (Å²) in [6.45, 7) is 2.57. The van der Waals surface area contributed by atoms with Crippen LogP contribution in [0.5, 0.6) is 0 Å². The molecule has 0 aliphatic rings. The molecule has 0 spiro atoms. The van der Waals surface area contributed by atoms with Gasteiger partial charge in [0.25, 0.3) is 11.8 Å². The summed E-state index contributed by atoms with van der Waals surface area (Å²) in [6.07, 6.45) is 2.90. The molecule has 3 aromatic rings. The highest BCUT2D eigenvalue weighted by molar-refractivity contribution is 6.10. The van der Waals surface area contributed by atoms with Crippen LogP contribution in [0.2, 0.25) is 0 Å². The van der Waals surface area contributed by atoms with Crippen LogP contribution in [0.4, 0.5) is 11.4 Å². The van der Waals surface area contributed by atoms with Gasteiger partial charge >= 0.3 is 5.97 Å². The van der Waals surface area contributed by atoms with Crippen molar-refractivity contribution in [2.24, 2.45) is 7.05 Å². The number of nitrogens with one attached hydrogen (secondary N) is 2. The topological polar surface area (TPSA) is 131 Å². The molecule has 28 heavy (non-hydrogen) atoms. The van der Waals surface area contributed by atoms with Gasteiger partial charge in [0.05, 0.1) is 11.8 Å². The number of amides is 2. The maximum Gasteiger partial charge on any atom is 0.354 e. The Morgan fingerprint density at radius 1 is 1.11 bits per heavy atom. The molecule has 10 heteroatoms. The van der Waals surface area contributed by atoms with Gasteiger partial charge in [-0.05, 0) is 31.2 Å². The molecular formula is C18H18N6O4. The fourth-order valence-corrected chi connectivity index (χ4v) is 2.58. The zero-order valence-electron chi connectivity index (χ0n) is 15.2. The molecule has 0 bridgehead atoms. The van der Waals surface area contributed by atoms with Crippen LogP contribution in [0.25, 0.3) is 0 Å². The lowest BCUT2D eigenvalue weighted by Crippen LogP contribution is -2.17. The third-order valence-electron chi connectivity index (χ3n) is 3.96. The average molecular weight is 382 g/mol. The van der Waals surface area contributed by atoms with E-state index in [-0.39, 0.29) is 22.9 Å². The molecule has 3 N–H and O–H groups in total. The smallest absolute Gasteiger partial charge is 0.354 e. The van der Waals surface area contributed by atoms with Gasteiger partial charge in [-0.25, -0.2) is 4.79 Å². The highest BCUT2D eigenvalue weighted by Gasteiger charge is 2.21. The summed E-state index contributed by atoms with van der Waals surface area (Å²) in [5, 5.41) is 22.5. The monoisotopic (exact) mass is 382 g/mol. The van der Waals surface area contributed by atoms with E-state index in [4.69, 9.17) is 0 Å². The molecule has 0 aliphatic carbocycles. The molecule has 2 heterocycles. The van der Waals surface area contributed by atoms with Crippen LogP contribution in [-0.2, 0) is 13.6 Å². The number of aryl methyl sites for hydroxylation is 2. The van der Waals surface area contributed by atoms with Gasteiger partial charge < -0.3 is 15.7 Å². The molecule has 0 atom stereocenters. The number of carbonyl (C=O) groups excluding carboxylic acids is 2. The van der Waals surface area contributed by atoms with Gasteiger partial charge in [0.2, 0.25) is 0 Å². The zero-order valence-corrected chi connectivity index (χ0v) is 15.2. The molecular weight excluding hydrogens is 364 g/mol. The number of benzene rings is 1. The lowest BCUT2D eigenvalue weighted by atomic mass is 10.2. The summed E-state index contributed by atoms with van der Waals surface area (Å²) in [7, 11) is 1.44. The van der Waals surface area contributed by atoms with E-state index in [1.165, 1.54) is 13.2 Å². The van der Waals surface area contributed by atoms with Gasteiger partial charge in [-0.3, -0.25) is 19.0 Å². The first kappa shape index (κ1) is 18.8. The van der Waals surface area contributed by atoms with Crippen molar-refractivity contribution in [1.29, 1.82) is 0 Å².